The highest BCUT2D eigenvalue weighted by molar-refractivity contribution is 5.96. The third-order valence-electron chi connectivity index (χ3n) is 4.39. The van der Waals surface area contributed by atoms with Gasteiger partial charge in [-0.1, -0.05) is 6.92 Å². The van der Waals surface area contributed by atoms with E-state index in [0.29, 0.717) is 18.4 Å². The van der Waals surface area contributed by atoms with Crippen LogP contribution in [0, 0.1) is 21.7 Å². The van der Waals surface area contributed by atoms with Crippen LogP contribution in [0.15, 0.2) is 36.5 Å². The van der Waals surface area contributed by atoms with Crippen LogP contribution in [-0.4, -0.2) is 44.0 Å². The molecular formula is C20H18F2N6O4. The van der Waals surface area contributed by atoms with Gasteiger partial charge in [0, 0.05) is 30.8 Å². The van der Waals surface area contributed by atoms with Gasteiger partial charge in [-0.15, -0.1) is 0 Å². The number of rotatable bonds is 9. The van der Waals surface area contributed by atoms with Crippen LogP contribution in [-0.2, 0) is 6.42 Å². The fourth-order valence-electron chi connectivity index (χ4n) is 2.91. The SMILES string of the molecule is CCc1nc(NCCNc2ccc([N+](=O)[O-])cn2)nc(-c2ccc(F)cc2F)c1C(=O)O. The van der Waals surface area contributed by atoms with E-state index < -0.39 is 22.5 Å². The van der Waals surface area contributed by atoms with Crippen LogP contribution in [0.5, 0.6) is 0 Å². The van der Waals surface area contributed by atoms with E-state index in [1.807, 2.05) is 0 Å². The lowest BCUT2D eigenvalue weighted by Crippen LogP contribution is -2.18. The highest BCUT2D eigenvalue weighted by Crippen LogP contribution is 2.28. The van der Waals surface area contributed by atoms with Gasteiger partial charge in [-0.05, 0) is 24.6 Å². The lowest BCUT2D eigenvalue weighted by molar-refractivity contribution is -0.385. The normalized spacial score (nSPS) is 10.6. The predicted molar refractivity (Wildman–Crippen MR) is 112 cm³/mol. The molecule has 0 aliphatic carbocycles. The zero-order valence-corrected chi connectivity index (χ0v) is 16.8. The molecule has 0 saturated carbocycles. The second-order valence-electron chi connectivity index (χ2n) is 6.51. The van der Waals surface area contributed by atoms with Crippen LogP contribution in [0.3, 0.4) is 0 Å². The van der Waals surface area contributed by atoms with Gasteiger partial charge in [-0.3, -0.25) is 10.1 Å². The molecule has 3 N–H and O–H groups in total. The van der Waals surface area contributed by atoms with E-state index >= 15 is 0 Å². The van der Waals surface area contributed by atoms with Crippen molar-refractivity contribution in [1.29, 1.82) is 0 Å². The summed E-state index contributed by atoms with van der Waals surface area (Å²) in [7, 11) is 0. The number of carboxylic acid groups (broad SMARTS) is 1. The minimum Gasteiger partial charge on any atom is -0.478 e. The molecule has 0 unspecified atom stereocenters. The lowest BCUT2D eigenvalue weighted by atomic mass is 10.0. The number of aromatic carboxylic acids is 1. The Bertz CT molecular complexity index is 1160. The number of nitrogens with one attached hydrogen (secondary N) is 2. The molecular weight excluding hydrogens is 426 g/mol. The summed E-state index contributed by atoms with van der Waals surface area (Å²) in [5.41, 5.74) is -0.504. The predicted octanol–water partition coefficient (Wildman–Crippen LogP) is 3.51. The Morgan fingerprint density at radius 2 is 1.91 bits per heavy atom. The van der Waals surface area contributed by atoms with Crippen LogP contribution in [0.25, 0.3) is 11.3 Å². The Balaban J connectivity index is 1.79. The van der Waals surface area contributed by atoms with Crippen molar-refractivity contribution in [3.8, 4) is 11.3 Å². The maximum absolute atomic E-state index is 14.3. The number of pyridine rings is 1. The van der Waals surface area contributed by atoms with Gasteiger partial charge in [0.15, 0.2) is 0 Å². The van der Waals surface area contributed by atoms with Gasteiger partial charge >= 0.3 is 5.97 Å². The Labute approximate surface area is 180 Å². The zero-order chi connectivity index (χ0) is 23.3. The molecule has 1 aromatic carbocycles. The number of aryl methyl sites for hydroxylation is 1. The van der Waals surface area contributed by atoms with E-state index in [2.05, 4.69) is 25.6 Å². The van der Waals surface area contributed by atoms with Gasteiger partial charge in [0.05, 0.1) is 16.3 Å². The first-order chi connectivity index (χ1) is 15.3. The summed E-state index contributed by atoms with van der Waals surface area (Å²) in [6.07, 6.45) is 1.38. The number of carbonyl (C=O) groups is 1. The molecule has 0 atom stereocenters. The van der Waals surface area contributed by atoms with E-state index in [4.69, 9.17) is 0 Å². The molecule has 3 rings (SSSR count). The number of aromatic nitrogens is 3. The van der Waals surface area contributed by atoms with Crippen LogP contribution in [0.2, 0.25) is 0 Å². The maximum atomic E-state index is 14.3. The summed E-state index contributed by atoms with van der Waals surface area (Å²) >= 11 is 0. The summed E-state index contributed by atoms with van der Waals surface area (Å²) in [6, 6.07) is 5.58. The van der Waals surface area contributed by atoms with Crippen molar-refractivity contribution in [2.24, 2.45) is 0 Å². The number of benzene rings is 1. The molecule has 0 aliphatic heterocycles. The van der Waals surface area contributed by atoms with Gasteiger partial charge in [-0.2, -0.15) is 0 Å². The second-order valence-corrected chi connectivity index (χ2v) is 6.51. The van der Waals surface area contributed by atoms with Gasteiger partial charge in [0.25, 0.3) is 5.69 Å². The fourth-order valence-corrected chi connectivity index (χ4v) is 2.91. The quantitative estimate of drug-likeness (QED) is 0.257. The molecule has 0 saturated heterocycles. The van der Waals surface area contributed by atoms with E-state index in [1.54, 1.807) is 6.92 Å². The van der Waals surface area contributed by atoms with E-state index in [1.165, 1.54) is 12.1 Å². The zero-order valence-electron chi connectivity index (χ0n) is 16.8. The molecule has 0 amide bonds. The minimum atomic E-state index is -1.32. The van der Waals surface area contributed by atoms with Crippen LogP contribution in [0.4, 0.5) is 26.2 Å². The molecule has 2 aromatic heterocycles. The highest BCUT2D eigenvalue weighted by atomic mass is 19.1. The molecule has 10 nitrogen and oxygen atoms in total. The number of carboxylic acids is 1. The Morgan fingerprint density at radius 1 is 1.16 bits per heavy atom. The standard InChI is InChI=1S/C20H18F2N6O4/c1-2-15-17(19(29)30)18(13-5-3-11(21)9-14(13)22)27-20(26-15)24-8-7-23-16-6-4-12(10-25-16)28(31)32/h3-6,9-10H,2,7-8H2,1H3,(H,23,25)(H,29,30)(H,24,26,27). The topological polar surface area (TPSA) is 143 Å². The first kappa shape index (κ1) is 22.5. The maximum Gasteiger partial charge on any atom is 0.339 e. The first-order valence-corrected chi connectivity index (χ1v) is 9.48. The molecule has 0 spiro atoms. The second kappa shape index (κ2) is 9.73. The van der Waals surface area contributed by atoms with Crippen LogP contribution < -0.4 is 10.6 Å². The summed E-state index contributed by atoms with van der Waals surface area (Å²) in [5, 5.41) is 26.1. The average molecular weight is 444 g/mol. The van der Waals surface area contributed by atoms with E-state index in [-0.39, 0.29) is 47.1 Å². The summed E-state index contributed by atoms with van der Waals surface area (Å²) in [6.45, 7) is 2.31. The Hall–Kier alpha value is -4.22. The molecule has 12 heteroatoms. The Kier molecular flexibility index (Phi) is 6.83. The smallest absolute Gasteiger partial charge is 0.339 e. The van der Waals surface area contributed by atoms with Crippen LogP contribution in [0.1, 0.15) is 23.0 Å². The number of anilines is 2. The Morgan fingerprint density at radius 3 is 2.50 bits per heavy atom. The molecule has 0 fully saturated rings. The first-order valence-electron chi connectivity index (χ1n) is 9.48. The van der Waals surface area contributed by atoms with Crippen molar-refractivity contribution in [2.75, 3.05) is 23.7 Å². The van der Waals surface area contributed by atoms with Gasteiger partial charge in [-0.25, -0.2) is 28.5 Å². The third-order valence-corrected chi connectivity index (χ3v) is 4.39. The van der Waals surface area contributed by atoms with Crippen molar-refractivity contribution >= 4 is 23.4 Å². The van der Waals surface area contributed by atoms with Gasteiger partial charge in [0.2, 0.25) is 5.95 Å². The molecule has 2 heterocycles. The van der Waals surface area contributed by atoms with Crippen molar-refractivity contribution in [2.45, 2.75) is 13.3 Å². The van der Waals surface area contributed by atoms with Crippen molar-refractivity contribution < 1.29 is 23.6 Å². The minimum absolute atomic E-state index is 0.0732. The third kappa shape index (κ3) is 5.09. The summed E-state index contributed by atoms with van der Waals surface area (Å²) < 4.78 is 27.7. The average Bonchev–Trinajstić information content (AvgIpc) is 2.76. The molecule has 32 heavy (non-hydrogen) atoms. The number of hydrogen-bond donors (Lipinski definition) is 3. The van der Waals surface area contributed by atoms with E-state index in [9.17, 15) is 28.8 Å². The lowest BCUT2D eigenvalue weighted by Gasteiger charge is -2.14. The molecule has 3 aromatic rings. The number of halogens is 2. The number of nitro groups is 1. The van der Waals surface area contributed by atoms with Crippen LogP contribution >= 0.6 is 0 Å². The number of nitrogens with zero attached hydrogens (tertiary/aromatic N) is 4. The molecule has 166 valence electrons. The molecule has 0 aliphatic rings. The van der Waals surface area contributed by atoms with E-state index in [0.717, 1.165) is 18.3 Å². The van der Waals surface area contributed by atoms with Crippen molar-refractivity contribution in [3.63, 3.8) is 0 Å². The fraction of sp³-hybridized carbons (Fsp3) is 0.200. The van der Waals surface area contributed by atoms with Gasteiger partial charge in [0.1, 0.15) is 29.2 Å². The highest BCUT2D eigenvalue weighted by Gasteiger charge is 2.23. The van der Waals surface area contributed by atoms with Crippen molar-refractivity contribution in [1.82, 2.24) is 15.0 Å². The molecule has 0 radical (unpaired) electrons. The number of hydrogen-bond acceptors (Lipinski definition) is 8. The summed E-state index contributed by atoms with van der Waals surface area (Å²) in [4.78, 5) is 34.2. The largest absolute Gasteiger partial charge is 0.478 e. The summed E-state index contributed by atoms with van der Waals surface area (Å²) in [5.74, 6) is -2.56. The van der Waals surface area contributed by atoms with Crippen molar-refractivity contribution in [3.05, 3.63) is 69.5 Å². The monoisotopic (exact) mass is 444 g/mol. The molecule has 0 bridgehead atoms. The van der Waals surface area contributed by atoms with Gasteiger partial charge < -0.3 is 15.7 Å².